The number of rotatable bonds is 11. The molecule has 1 heterocycles. The molecule has 3 aromatic rings. The molecular weight excluding hydrogens is 538 g/mol. The minimum absolute atomic E-state index is 0.0645. The van der Waals surface area contributed by atoms with Crippen molar-refractivity contribution in [1.82, 2.24) is 10.3 Å². The summed E-state index contributed by atoms with van der Waals surface area (Å²) in [5.74, 6) is -1.47. The lowest BCUT2D eigenvalue weighted by Crippen LogP contribution is -2.37. The third kappa shape index (κ3) is 8.14. The van der Waals surface area contributed by atoms with Gasteiger partial charge in [0.25, 0.3) is 0 Å². The lowest BCUT2D eigenvalue weighted by Gasteiger charge is -2.15. The summed E-state index contributed by atoms with van der Waals surface area (Å²) in [6.07, 6.45) is 1.50. The van der Waals surface area contributed by atoms with Crippen molar-refractivity contribution >= 4 is 53.1 Å². The Labute approximate surface area is 219 Å². The number of carbonyl (C=O) groups excluding carboxylic acids is 2. The highest BCUT2D eigenvalue weighted by atomic mass is 32.2. The van der Waals surface area contributed by atoms with E-state index in [1.54, 1.807) is 50.2 Å². The summed E-state index contributed by atoms with van der Waals surface area (Å²) in [6.45, 7) is 2.99. The second-order valence-electron chi connectivity index (χ2n) is 9.42. The molecule has 3 rings (SSSR count). The topological polar surface area (TPSA) is 174 Å². The van der Waals surface area contributed by atoms with E-state index in [9.17, 15) is 31.5 Å². The highest BCUT2D eigenvalue weighted by molar-refractivity contribution is 7.91. The van der Waals surface area contributed by atoms with Gasteiger partial charge < -0.3 is 10.4 Å². The zero-order valence-electron chi connectivity index (χ0n) is 20.6. The summed E-state index contributed by atoms with van der Waals surface area (Å²) in [5, 5.41) is 15.5. The number of aliphatic hydroxyl groups is 1. The van der Waals surface area contributed by atoms with E-state index >= 15 is 0 Å². The van der Waals surface area contributed by atoms with Crippen molar-refractivity contribution in [2.24, 2.45) is 5.14 Å². The number of nitrogens with one attached hydrogen (secondary N) is 1. The molecule has 0 aliphatic heterocycles. The van der Waals surface area contributed by atoms with Gasteiger partial charge in [-0.15, -0.1) is 11.3 Å². The Morgan fingerprint density at radius 1 is 1.08 bits per heavy atom. The van der Waals surface area contributed by atoms with Gasteiger partial charge in [0.1, 0.15) is 5.01 Å². The highest BCUT2D eigenvalue weighted by Crippen LogP contribution is 2.33. The Balaban J connectivity index is 1.83. The molecule has 0 radical (unpaired) electrons. The van der Waals surface area contributed by atoms with Crippen molar-refractivity contribution in [1.29, 1.82) is 0 Å². The predicted octanol–water partition coefficient (Wildman–Crippen LogP) is 2.19. The first-order chi connectivity index (χ1) is 17.0. The average molecular weight is 568 g/mol. The molecule has 0 saturated heterocycles. The van der Waals surface area contributed by atoms with E-state index in [0.717, 1.165) is 28.7 Å². The first kappa shape index (κ1) is 28.9. The lowest BCUT2D eigenvalue weighted by molar-refractivity contribution is -0.120. The number of primary sulfonamides is 1. The minimum Gasteiger partial charge on any atom is -0.390 e. The molecule has 0 aliphatic rings. The van der Waals surface area contributed by atoms with E-state index in [1.165, 1.54) is 0 Å². The number of hydrogen-bond acceptors (Lipinski definition) is 9. The Bertz CT molecular complexity index is 1520. The summed E-state index contributed by atoms with van der Waals surface area (Å²) in [7, 11) is -7.73. The maximum atomic E-state index is 12.6. The van der Waals surface area contributed by atoms with Crippen molar-refractivity contribution in [2.45, 2.75) is 37.5 Å². The number of carbonyl (C=O) groups is 2. The van der Waals surface area contributed by atoms with Gasteiger partial charge in [-0.25, -0.2) is 27.0 Å². The molecule has 10 nitrogen and oxygen atoms in total. The third-order valence-corrected chi connectivity index (χ3v) is 8.78. The lowest BCUT2D eigenvalue weighted by atomic mass is 9.96. The van der Waals surface area contributed by atoms with Crippen molar-refractivity contribution in [3.05, 3.63) is 53.0 Å². The van der Waals surface area contributed by atoms with Crippen molar-refractivity contribution in [3.63, 3.8) is 0 Å². The van der Waals surface area contributed by atoms with Crippen LogP contribution in [0.4, 0.5) is 0 Å². The van der Waals surface area contributed by atoms with Crippen LogP contribution in [-0.2, 0) is 24.7 Å². The van der Waals surface area contributed by atoms with E-state index in [2.05, 4.69) is 10.3 Å². The summed E-state index contributed by atoms with van der Waals surface area (Å²) < 4.78 is 47.7. The van der Waals surface area contributed by atoms with Gasteiger partial charge in [0, 0.05) is 24.8 Å². The number of fused-ring (bicyclic) bond motifs is 1. The molecule has 4 N–H and O–H groups in total. The predicted molar refractivity (Wildman–Crippen MR) is 143 cm³/mol. The Hall–Kier alpha value is -2.71. The van der Waals surface area contributed by atoms with Gasteiger partial charge in [-0.3, -0.25) is 9.59 Å². The van der Waals surface area contributed by atoms with E-state index in [4.69, 9.17) is 5.14 Å². The number of benzene rings is 2. The van der Waals surface area contributed by atoms with Gasteiger partial charge in [-0.05, 0) is 43.5 Å². The van der Waals surface area contributed by atoms with Gasteiger partial charge in [-0.1, -0.05) is 30.3 Å². The molecule has 1 atom stereocenters. The van der Waals surface area contributed by atoms with Crippen LogP contribution in [0.5, 0.6) is 0 Å². The fraction of sp³-hybridized carbons (Fsp3) is 0.375. The number of nitrogens with zero attached hydrogens (tertiary/aromatic N) is 1. The Morgan fingerprint density at radius 3 is 2.27 bits per heavy atom. The van der Waals surface area contributed by atoms with Crippen LogP contribution in [0.2, 0.25) is 0 Å². The average Bonchev–Trinajstić information content (AvgIpc) is 3.17. The number of sulfone groups is 1. The molecule has 0 aliphatic carbocycles. The third-order valence-electron chi connectivity index (χ3n) is 5.49. The summed E-state index contributed by atoms with van der Waals surface area (Å²) in [6, 6.07) is 12.4. The fourth-order valence-corrected chi connectivity index (χ4v) is 6.48. The molecule has 13 heteroatoms. The molecule has 0 spiro atoms. The zero-order chi connectivity index (χ0) is 27.6. The van der Waals surface area contributed by atoms with Gasteiger partial charge in [0.15, 0.2) is 20.9 Å². The number of hydrogen-bond donors (Lipinski definition) is 3. The number of aromatic nitrogens is 1. The van der Waals surface area contributed by atoms with Gasteiger partial charge in [-0.2, -0.15) is 0 Å². The number of thiazole rings is 1. The van der Waals surface area contributed by atoms with Crippen LogP contribution < -0.4 is 10.5 Å². The molecule has 1 unspecified atom stereocenters. The van der Waals surface area contributed by atoms with Crippen LogP contribution in [0.1, 0.15) is 47.3 Å². The number of nitrogens with two attached hydrogens (primary N) is 1. The van der Waals surface area contributed by atoms with Crippen LogP contribution in [0.3, 0.4) is 0 Å². The molecule has 200 valence electrons. The van der Waals surface area contributed by atoms with Crippen molar-refractivity contribution in [2.75, 3.05) is 18.6 Å². The monoisotopic (exact) mass is 567 g/mol. The Kier molecular flexibility index (Phi) is 8.54. The normalized spacial score (nSPS) is 13.4. The molecule has 0 fully saturated rings. The van der Waals surface area contributed by atoms with Crippen LogP contribution in [-0.4, -0.2) is 62.8 Å². The molecule has 1 aromatic heterocycles. The van der Waals surface area contributed by atoms with Crippen LogP contribution in [0, 0.1) is 0 Å². The number of sulfonamides is 1. The van der Waals surface area contributed by atoms with Crippen LogP contribution in [0.15, 0.2) is 42.5 Å². The maximum Gasteiger partial charge on any atom is 0.245 e. The van der Waals surface area contributed by atoms with Crippen molar-refractivity contribution < 1.29 is 31.5 Å². The van der Waals surface area contributed by atoms with Gasteiger partial charge >= 0.3 is 0 Å². The fourth-order valence-electron chi connectivity index (χ4n) is 3.55. The second-order valence-corrected chi connectivity index (χ2v) is 14.3. The second kappa shape index (κ2) is 11.0. The van der Waals surface area contributed by atoms with Gasteiger partial charge in [0.05, 0.1) is 21.6 Å². The first-order valence-corrected chi connectivity index (χ1v) is 15.8. The summed E-state index contributed by atoms with van der Waals surface area (Å²) >= 11 is 1.05. The number of amides is 1. The standard InChI is InChI=1S/C24H29N3O7S3/c1-24(2,30)11-10-19(28)16-6-4-15(5-7-16)17-8-9-18-20(14-17)35-23(27-18)21(36(3,31)32)22(29)26-12-13-37(25,33)34/h4-9,14,21,30H,10-13H2,1-3H3,(H,26,29)(H2,25,33,34). The smallest absolute Gasteiger partial charge is 0.245 e. The largest absolute Gasteiger partial charge is 0.390 e. The van der Waals surface area contributed by atoms with E-state index in [1.807, 2.05) is 6.07 Å². The summed E-state index contributed by atoms with van der Waals surface area (Å²) in [5.41, 5.74) is 1.77. The SMILES string of the molecule is CC(C)(O)CCC(=O)c1ccc(-c2ccc3nc(C(C(=O)NCCS(N)(=O)=O)S(C)(=O)=O)sc3c2)cc1. The first-order valence-electron chi connectivity index (χ1n) is 11.3. The minimum atomic E-state index is -3.91. The van der Waals surface area contributed by atoms with Gasteiger partial charge in [0.2, 0.25) is 15.9 Å². The van der Waals surface area contributed by atoms with Crippen LogP contribution >= 0.6 is 11.3 Å². The van der Waals surface area contributed by atoms with E-state index in [-0.39, 0.29) is 23.8 Å². The zero-order valence-corrected chi connectivity index (χ0v) is 23.0. The molecule has 0 bridgehead atoms. The quantitative estimate of drug-likeness (QED) is 0.296. The molecular formula is C24H29N3O7S3. The molecule has 1 amide bonds. The molecule has 2 aromatic carbocycles. The Morgan fingerprint density at radius 2 is 1.70 bits per heavy atom. The van der Waals surface area contributed by atoms with Crippen molar-refractivity contribution in [3.8, 4) is 11.1 Å². The number of Topliss-reactive ketones (excluding diaryl/α,β-unsaturated/α-hetero) is 1. The van der Waals surface area contributed by atoms with E-state index < -0.39 is 42.4 Å². The summed E-state index contributed by atoms with van der Waals surface area (Å²) in [4.78, 5) is 29.4. The molecule has 0 saturated carbocycles. The van der Waals surface area contributed by atoms with Crippen LogP contribution in [0.25, 0.3) is 21.3 Å². The van der Waals surface area contributed by atoms with E-state index in [0.29, 0.717) is 22.2 Å². The maximum absolute atomic E-state index is 12.6. The number of ketones is 1. The molecule has 37 heavy (non-hydrogen) atoms. The highest BCUT2D eigenvalue weighted by Gasteiger charge is 2.34.